The fourth-order valence-electron chi connectivity index (χ4n) is 1.63. The van der Waals surface area contributed by atoms with E-state index in [9.17, 15) is 9.90 Å². The molecule has 0 spiro atoms. The molecule has 0 saturated heterocycles. The predicted molar refractivity (Wildman–Crippen MR) is 73.1 cm³/mol. The van der Waals surface area contributed by atoms with Crippen molar-refractivity contribution in [2.75, 3.05) is 10.8 Å². The van der Waals surface area contributed by atoms with Gasteiger partial charge in [-0.2, -0.15) is 0 Å². The molecule has 0 aliphatic carbocycles. The van der Waals surface area contributed by atoms with Gasteiger partial charge >= 0.3 is 0 Å². The van der Waals surface area contributed by atoms with Crippen LogP contribution in [0.3, 0.4) is 0 Å². The molecule has 1 aromatic carbocycles. The molecule has 0 fully saturated rings. The highest BCUT2D eigenvalue weighted by atomic mass is 32.1. The van der Waals surface area contributed by atoms with E-state index in [1.807, 2.05) is 12.4 Å². The number of phenols is 1. The number of rotatable bonds is 3. The van der Waals surface area contributed by atoms with Crippen LogP contribution in [0.25, 0.3) is 0 Å². The quantitative estimate of drug-likeness (QED) is 0.648. The molecule has 4 N–H and O–H groups in total. The van der Waals surface area contributed by atoms with Gasteiger partial charge in [-0.25, -0.2) is 10.5 Å². The zero-order valence-corrected chi connectivity index (χ0v) is 11.2. The fraction of sp³-hybridized carbons (Fsp3) is 0.167. The number of hydrogen-bond donors (Lipinski definition) is 4. The van der Waals surface area contributed by atoms with Crippen molar-refractivity contribution in [3.63, 3.8) is 0 Å². The first-order valence-corrected chi connectivity index (χ1v) is 6.31. The highest BCUT2D eigenvalue weighted by molar-refractivity contribution is 7.17. The maximum absolute atomic E-state index is 12.0. The Labute approximate surface area is 113 Å². The summed E-state index contributed by atoms with van der Waals surface area (Å²) in [6.07, 6.45) is 1.37. The SMILES string of the molecule is Cc1ccc(O)c(C)c1NC(=O)c1cnc(NO)s1. The van der Waals surface area contributed by atoms with Crippen LogP contribution in [0.2, 0.25) is 0 Å². The topological polar surface area (TPSA) is 94.5 Å². The van der Waals surface area contributed by atoms with Gasteiger partial charge in [-0.3, -0.25) is 10.0 Å². The number of aryl methyl sites for hydroxylation is 1. The van der Waals surface area contributed by atoms with Crippen molar-refractivity contribution in [3.8, 4) is 5.75 Å². The molecule has 100 valence electrons. The minimum Gasteiger partial charge on any atom is -0.508 e. The number of carbonyl (C=O) groups excluding carboxylic acids is 1. The number of benzene rings is 1. The molecule has 1 amide bonds. The average Bonchev–Trinajstić information content (AvgIpc) is 2.88. The molecule has 1 aromatic heterocycles. The van der Waals surface area contributed by atoms with Crippen molar-refractivity contribution < 1.29 is 15.1 Å². The van der Waals surface area contributed by atoms with E-state index in [1.165, 1.54) is 6.20 Å². The van der Waals surface area contributed by atoms with Crippen LogP contribution in [0.1, 0.15) is 20.8 Å². The van der Waals surface area contributed by atoms with Gasteiger partial charge in [0.2, 0.25) is 5.13 Å². The summed E-state index contributed by atoms with van der Waals surface area (Å²) < 4.78 is 0. The zero-order chi connectivity index (χ0) is 14.0. The van der Waals surface area contributed by atoms with E-state index in [-0.39, 0.29) is 16.8 Å². The van der Waals surface area contributed by atoms with Crippen molar-refractivity contribution in [3.05, 3.63) is 34.3 Å². The van der Waals surface area contributed by atoms with Gasteiger partial charge in [0.1, 0.15) is 10.6 Å². The minimum absolute atomic E-state index is 0.128. The number of phenolic OH excluding ortho intramolecular Hbond substituents is 1. The Morgan fingerprint density at radius 3 is 2.74 bits per heavy atom. The molecule has 0 bridgehead atoms. The number of nitrogens with one attached hydrogen (secondary N) is 2. The molecule has 19 heavy (non-hydrogen) atoms. The minimum atomic E-state index is -0.337. The Morgan fingerprint density at radius 1 is 1.37 bits per heavy atom. The number of thiazole rings is 1. The number of aromatic nitrogens is 1. The molecule has 2 aromatic rings. The Hall–Kier alpha value is -2.12. The van der Waals surface area contributed by atoms with Crippen molar-refractivity contribution in [2.45, 2.75) is 13.8 Å². The van der Waals surface area contributed by atoms with Crippen molar-refractivity contribution in [1.29, 1.82) is 0 Å². The van der Waals surface area contributed by atoms with Gasteiger partial charge in [-0.15, -0.1) is 0 Å². The molecule has 0 aliphatic rings. The summed E-state index contributed by atoms with van der Waals surface area (Å²) in [5, 5.41) is 21.3. The number of amides is 1. The highest BCUT2D eigenvalue weighted by Crippen LogP contribution is 2.29. The molecular formula is C12H13N3O3S. The zero-order valence-electron chi connectivity index (χ0n) is 10.4. The van der Waals surface area contributed by atoms with Crippen LogP contribution in [0.5, 0.6) is 5.75 Å². The summed E-state index contributed by atoms with van der Waals surface area (Å²) in [5.41, 5.74) is 3.93. The first-order valence-electron chi connectivity index (χ1n) is 5.49. The number of nitrogens with zero attached hydrogens (tertiary/aromatic N) is 1. The van der Waals surface area contributed by atoms with E-state index >= 15 is 0 Å². The van der Waals surface area contributed by atoms with Crippen LogP contribution in [0, 0.1) is 13.8 Å². The standard InChI is InChI=1S/C12H13N3O3S/c1-6-3-4-8(16)7(2)10(6)14-11(17)9-5-13-12(15-18)19-9/h3-5,16,18H,1-2H3,(H,13,15)(H,14,17). The van der Waals surface area contributed by atoms with E-state index in [1.54, 1.807) is 19.1 Å². The second-order valence-corrected chi connectivity index (χ2v) is 5.03. The molecule has 1 heterocycles. The molecule has 0 radical (unpaired) electrons. The van der Waals surface area contributed by atoms with Gasteiger partial charge in [0, 0.05) is 5.56 Å². The molecule has 6 nitrogen and oxygen atoms in total. The van der Waals surface area contributed by atoms with Crippen molar-refractivity contribution >= 4 is 28.1 Å². The Bertz CT molecular complexity index is 625. The summed E-state index contributed by atoms with van der Waals surface area (Å²) in [6.45, 7) is 3.57. The molecular weight excluding hydrogens is 266 g/mol. The van der Waals surface area contributed by atoms with Gasteiger partial charge in [-0.1, -0.05) is 17.4 Å². The molecule has 0 unspecified atom stereocenters. The van der Waals surface area contributed by atoms with Crippen molar-refractivity contribution in [2.24, 2.45) is 0 Å². The van der Waals surface area contributed by atoms with Crippen molar-refractivity contribution in [1.82, 2.24) is 4.98 Å². The smallest absolute Gasteiger partial charge is 0.267 e. The number of aromatic hydroxyl groups is 1. The van der Waals surface area contributed by atoms with Gasteiger partial charge in [0.15, 0.2) is 0 Å². The third-order valence-electron chi connectivity index (χ3n) is 2.71. The summed E-state index contributed by atoms with van der Waals surface area (Å²) in [5.74, 6) is -0.210. The molecule has 2 rings (SSSR count). The van der Waals surface area contributed by atoms with Crippen LogP contribution in [0.15, 0.2) is 18.3 Å². The Kier molecular flexibility index (Phi) is 3.68. The van der Waals surface area contributed by atoms with E-state index in [0.717, 1.165) is 16.9 Å². The van der Waals surface area contributed by atoms with Crippen LogP contribution in [0.4, 0.5) is 10.8 Å². The Balaban J connectivity index is 2.26. The summed E-state index contributed by atoms with van der Waals surface area (Å²) >= 11 is 1.03. The lowest BCUT2D eigenvalue weighted by Gasteiger charge is -2.11. The van der Waals surface area contributed by atoms with Crippen LogP contribution >= 0.6 is 11.3 Å². The molecule has 0 aliphatic heterocycles. The summed E-state index contributed by atoms with van der Waals surface area (Å²) in [4.78, 5) is 16.2. The number of carbonyl (C=O) groups is 1. The predicted octanol–water partition coefficient (Wildman–Crippen LogP) is 2.52. The molecule has 7 heteroatoms. The summed E-state index contributed by atoms with van der Waals surface area (Å²) in [6, 6.07) is 3.31. The Morgan fingerprint density at radius 2 is 2.11 bits per heavy atom. The molecule has 0 saturated carbocycles. The van der Waals surface area contributed by atoms with Gasteiger partial charge in [0.05, 0.1) is 11.9 Å². The first kappa shape index (κ1) is 13.3. The van der Waals surface area contributed by atoms with Gasteiger partial charge in [-0.05, 0) is 25.5 Å². The average molecular weight is 279 g/mol. The second kappa shape index (κ2) is 5.25. The monoisotopic (exact) mass is 279 g/mol. The van der Waals surface area contributed by atoms with E-state index in [2.05, 4.69) is 10.3 Å². The number of anilines is 2. The third kappa shape index (κ3) is 2.67. The largest absolute Gasteiger partial charge is 0.508 e. The maximum atomic E-state index is 12.0. The summed E-state index contributed by atoms with van der Waals surface area (Å²) in [7, 11) is 0. The third-order valence-corrected chi connectivity index (χ3v) is 3.61. The second-order valence-electron chi connectivity index (χ2n) is 4.00. The van der Waals surface area contributed by atoms with Gasteiger partial charge in [0.25, 0.3) is 5.91 Å². The normalized spacial score (nSPS) is 10.3. The van der Waals surface area contributed by atoms with Crippen LogP contribution in [-0.2, 0) is 0 Å². The van der Waals surface area contributed by atoms with Crippen LogP contribution in [-0.4, -0.2) is 21.2 Å². The van der Waals surface area contributed by atoms with Gasteiger partial charge < -0.3 is 10.4 Å². The van der Waals surface area contributed by atoms with Crippen LogP contribution < -0.4 is 10.8 Å². The van der Waals surface area contributed by atoms with E-state index < -0.39 is 0 Å². The van der Waals surface area contributed by atoms with E-state index in [4.69, 9.17) is 5.21 Å². The number of hydrogen-bond acceptors (Lipinski definition) is 6. The maximum Gasteiger partial charge on any atom is 0.267 e. The first-order chi connectivity index (χ1) is 9.02. The van der Waals surface area contributed by atoms with E-state index in [0.29, 0.717) is 16.1 Å². The molecule has 0 atom stereocenters. The highest BCUT2D eigenvalue weighted by Gasteiger charge is 2.14. The fourth-order valence-corrected chi connectivity index (χ4v) is 2.24. The lowest BCUT2D eigenvalue weighted by molar-refractivity contribution is 0.103. The lowest BCUT2D eigenvalue weighted by atomic mass is 10.1. The lowest BCUT2D eigenvalue weighted by Crippen LogP contribution is -2.12.